The van der Waals surface area contributed by atoms with Gasteiger partial charge in [-0.05, 0) is 29.5 Å². The molecule has 1 fully saturated rings. The van der Waals surface area contributed by atoms with Crippen LogP contribution >= 0.6 is 0 Å². The largest absolute Gasteiger partial charge is 0.370 e. The second-order valence-corrected chi connectivity index (χ2v) is 8.06. The number of benzene rings is 2. The van der Waals surface area contributed by atoms with Crippen LogP contribution in [0, 0.1) is 5.92 Å². The molecule has 0 saturated carbocycles. The van der Waals surface area contributed by atoms with Gasteiger partial charge in [-0.15, -0.1) is 0 Å². The molecule has 1 aliphatic heterocycles. The van der Waals surface area contributed by atoms with Gasteiger partial charge in [0.15, 0.2) is 0 Å². The first-order valence-corrected chi connectivity index (χ1v) is 11.0. The van der Waals surface area contributed by atoms with Gasteiger partial charge in [-0.25, -0.2) is 0 Å². The number of hydrogen-bond donors (Lipinski definition) is 1. The average Bonchev–Trinajstić information content (AvgIpc) is 2.93. The summed E-state index contributed by atoms with van der Waals surface area (Å²) in [6.07, 6.45) is 1.55. The summed E-state index contributed by atoms with van der Waals surface area (Å²) in [7, 11) is 0. The van der Waals surface area contributed by atoms with Crippen LogP contribution in [0.25, 0.3) is 11.1 Å². The number of carbonyl (C=O) groups excluding carboxylic acids is 3. The van der Waals surface area contributed by atoms with E-state index in [9.17, 15) is 14.4 Å². The van der Waals surface area contributed by atoms with Gasteiger partial charge in [0.1, 0.15) is 0 Å². The first-order chi connectivity index (χ1) is 15.0. The molecule has 1 saturated heterocycles. The second-order valence-electron chi connectivity index (χ2n) is 8.06. The Balaban J connectivity index is 1.85. The van der Waals surface area contributed by atoms with Gasteiger partial charge < -0.3 is 15.5 Å². The number of carbonyl (C=O) groups is 3. The molecule has 0 spiro atoms. The molecular weight excluding hydrogens is 390 g/mol. The molecule has 1 heterocycles. The Morgan fingerprint density at radius 1 is 1.00 bits per heavy atom. The van der Waals surface area contributed by atoms with E-state index in [0.29, 0.717) is 32.6 Å². The predicted octanol–water partition coefficient (Wildman–Crippen LogP) is 2.86. The highest BCUT2D eigenvalue weighted by Crippen LogP contribution is 2.27. The summed E-state index contributed by atoms with van der Waals surface area (Å²) in [5.41, 5.74) is 8.52. The van der Waals surface area contributed by atoms with Gasteiger partial charge in [0.05, 0.1) is 5.92 Å². The first kappa shape index (κ1) is 22.5. The lowest BCUT2D eigenvalue weighted by atomic mass is 9.91. The maximum Gasteiger partial charge on any atom is 0.227 e. The van der Waals surface area contributed by atoms with E-state index in [1.807, 2.05) is 42.2 Å². The highest BCUT2D eigenvalue weighted by atomic mass is 16.2. The van der Waals surface area contributed by atoms with Crippen LogP contribution in [0.15, 0.2) is 54.6 Å². The van der Waals surface area contributed by atoms with Crippen molar-refractivity contribution in [3.05, 3.63) is 60.2 Å². The number of nitrogens with zero attached hydrogens (tertiary/aromatic N) is 2. The van der Waals surface area contributed by atoms with E-state index in [1.54, 1.807) is 4.90 Å². The number of rotatable bonds is 8. The summed E-state index contributed by atoms with van der Waals surface area (Å²) in [5.74, 6) is -0.835. The topological polar surface area (TPSA) is 83.7 Å². The molecule has 0 bridgehead atoms. The molecule has 3 rings (SSSR count). The smallest absolute Gasteiger partial charge is 0.227 e. The molecule has 2 N–H and O–H groups in total. The van der Waals surface area contributed by atoms with E-state index in [4.69, 9.17) is 5.73 Å². The molecule has 0 aromatic heterocycles. The fourth-order valence-electron chi connectivity index (χ4n) is 4.17. The van der Waals surface area contributed by atoms with E-state index in [-0.39, 0.29) is 30.6 Å². The number of amides is 3. The first-order valence-electron chi connectivity index (χ1n) is 11.0. The Kier molecular flexibility index (Phi) is 7.82. The molecule has 3 amide bonds. The van der Waals surface area contributed by atoms with Crippen LogP contribution < -0.4 is 5.73 Å². The third-order valence-electron chi connectivity index (χ3n) is 5.74. The number of hydrogen-bond acceptors (Lipinski definition) is 3. The lowest BCUT2D eigenvalue weighted by molar-refractivity contribution is -0.135. The summed E-state index contributed by atoms with van der Waals surface area (Å²) in [6, 6.07) is 18.3. The lowest BCUT2D eigenvalue weighted by Gasteiger charge is -2.24. The number of nitrogens with two attached hydrogens (primary N) is 1. The minimum absolute atomic E-state index is 0.0312. The zero-order valence-electron chi connectivity index (χ0n) is 18.1. The van der Waals surface area contributed by atoms with Gasteiger partial charge in [-0.1, -0.05) is 61.5 Å². The predicted molar refractivity (Wildman–Crippen MR) is 121 cm³/mol. The molecule has 164 valence electrons. The van der Waals surface area contributed by atoms with Gasteiger partial charge in [0.2, 0.25) is 17.7 Å². The molecule has 0 unspecified atom stereocenters. The van der Waals surface area contributed by atoms with Gasteiger partial charge in [-0.2, -0.15) is 0 Å². The minimum atomic E-state index is -0.486. The van der Waals surface area contributed by atoms with Gasteiger partial charge in [0.25, 0.3) is 0 Å². The van der Waals surface area contributed by atoms with Crippen molar-refractivity contribution in [1.82, 2.24) is 9.80 Å². The van der Waals surface area contributed by atoms with Crippen LogP contribution in [0.2, 0.25) is 0 Å². The van der Waals surface area contributed by atoms with Gasteiger partial charge in [-0.3, -0.25) is 14.4 Å². The van der Waals surface area contributed by atoms with E-state index >= 15 is 0 Å². The summed E-state index contributed by atoms with van der Waals surface area (Å²) < 4.78 is 0. The van der Waals surface area contributed by atoms with Crippen LogP contribution in [-0.2, 0) is 20.8 Å². The standard InChI is InChI=1S/C25H31N3O3/c1-2-14-27-15-16-28(24(30)13-12-23(26)29)18-21(25(27)31)17-20-10-6-7-11-22(20)19-8-4-3-5-9-19/h3-11,21H,2,12-18H2,1H3,(H2,26,29)/t21-/m0/s1. The van der Waals surface area contributed by atoms with Crippen molar-refractivity contribution in [1.29, 1.82) is 0 Å². The third kappa shape index (κ3) is 5.94. The van der Waals surface area contributed by atoms with E-state index in [0.717, 1.165) is 23.1 Å². The zero-order chi connectivity index (χ0) is 22.2. The zero-order valence-corrected chi connectivity index (χ0v) is 18.1. The minimum Gasteiger partial charge on any atom is -0.370 e. The Morgan fingerprint density at radius 2 is 1.71 bits per heavy atom. The van der Waals surface area contributed by atoms with Crippen LogP contribution in [-0.4, -0.2) is 53.7 Å². The maximum atomic E-state index is 13.3. The normalized spacial score (nSPS) is 16.8. The summed E-state index contributed by atoms with van der Waals surface area (Å²) >= 11 is 0. The molecule has 0 aliphatic carbocycles. The van der Waals surface area contributed by atoms with Crippen molar-refractivity contribution in [2.24, 2.45) is 11.7 Å². The molecule has 2 aromatic carbocycles. The fraction of sp³-hybridized carbons (Fsp3) is 0.400. The molecular formula is C25H31N3O3. The Morgan fingerprint density at radius 3 is 2.42 bits per heavy atom. The second kappa shape index (κ2) is 10.8. The Bertz CT molecular complexity index is 913. The molecule has 1 aliphatic rings. The van der Waals surface area contributed by atoms with Crippen molar-refractivity contribution in [2.75, 3.05) is 26.2 Å². The highest BCUT2D eigenvalue weighted by molar-refractivity contribution is 5.85. The van der Waals surface area contributed by atoms with E-state index < -0.39 is 5.91 Å². The Labute approximate surface area is 184 Å². The monoisotopic (exact) mass is 421 g/mol. The summed E-state index contributed by atoms with van der Waals surface area (Å²) in [6.45, 7) is 4.10. The summed E-state index contributed by atoms with van der Waals surface area (Å²) in [5, 5.41) is 0. The molecule has 31 heavy (non-hydrogen) atoms. The lowest BCUT2D eigenvalue weighted by Crippen LogP contribution is -2.38. The fourth-order valence-corrected chi connectivity index (χ4v) is 4.17. The van der Waals surface area contributed by atoms with Crippen LogP contribution in [0.4, 0.5) is 0 Å². The van der Waals surface area contributed by atoms with Crippen LogP contribution in [0.5, 0.6) is 0 Å². The maximum absolute atomic E-state index is 13.3. The van der Waals surface area contributed by atoms with Crippen LogP contribution in [0.3, 0.4) is 0 Å². The SMILES string of the molecule is CCCN1CCN(C(=O)CCC(N)=O)C[C@H](Cc2ccccc2-c2ccccc2)C1=O. The molecule has 0 radical (unpaired) electrons. The number of primary amides is 1. The third-order valence-corrected chi connectivity index (χ3v) is 5.74. The van der Waals surface area contributed by atoms with Crippen molar-refractivity contribution in [2.45, 2.75) is 32.6 Å². The molecule has 6 nitrogen and oxygen atoms in total. The van der Waals surface area contributed by atoms with Crippen molar-refractivity contribution in [3.63, 3.8) is 0 Å². The van der Waals surface area contributed by atoms with Crippen molar-refractivity contribution < 1.29 is 14.4 Å². The van der Waals surface area contributed by atoms with Crippen LogP contribution in [0.1, 0.15) is 31.7 Å². The molecule has 2 aromatic rings. The summed E-state index contributed by atoms with van der Waals surface area (Å²) in [4.78, 5) is 40.7. The quantitative estimate of drug-likeness (QED) is 0.711. The van der Waals surface area contributed by atoms with Gasteiger partial charge in [0, 0.05) is 39.0 Å². The van der Waals surface area contributed by atoms with Crippen molar-refractivity contribution >= 4 is 17.7 Å². The molecule has 6 heteroatoms. The molecule has 1 atom stereocenters. The average molecular weight is 422 g/mol. The van der Waals surface area contributed by atoms with Gasteiger partial charge >= 0.3 is 0 Å². The van der Waals surface area contributed by atoms with Crippen molar-refractivity contribution in [3.8, 4) is 11.1 Å². The highest BCUT2D eigenvalue weighted by Gasteiger charge is 2.32. The Hall–Kier alpha value is -3.15. The van der Waals surface area contributed by atoms with E-state index in [2.05, 4.69) is 24.3 Å². The van der Waals surface area contributed by atoms with E-state index in [1.165, 1.54) is 0 Å².